The first-order valence-corrected chi connectivity index (χ1v) is 9.73. The van der Waals surface area contributed by atoms with Crippen molar-refractivity contribution in [1.82, 2.24) is 15.4 Å². The van der Waals surface area contributed by atoms with Crippen LogP contribution in [0, 0.1) is 5.92 Å². The lowest BCUT2D eigenvalue weighted by atomic mass is 9.87. The highest BCUT2D eigenvalue weighted by molar-refractivity contribution is 5.91. The van der Waals surface area contributed by atoms with E-state index in [4.69, 9.17) is 4.52 Å². The fourth-order valence-electron chi connectivity index (χ4n) is 4.11. The number of likely N-dealkylation sites (tertiary alicyclic amines) is 1. The van der Waals surface area contributed by atoms with Crippen LogP contribution in [0.2, 0.25) is 0 Å². The Morgan fingerprint density at radius 2 is 2.12 bits per heavy atom. The first-order valence-electron chi connectivity index (χ1n) is 9.73. The molecule has 1 aliphatic carbocycles. The summed E-state index contributed by atoms with van der Waals surface area (Å²) in [5, 5.41) is 7.03. The summed E-state index contributed by atoms with van der Waals surface area (Å²) in [6.07, 6.45) is 10.3. The number of rotatable bonds is 6. The van der Waals surface area contributed by atoms with Crippen molar-refractivity contribution in [3.8, 4) is 0 Å². The molecular formula is C19H31N3O2. The molecule has 1 atom stereocenters. The minimum Gasteiger partial charge on any atom is -0.351 e. The summed E-state index contributed by atoms with van der Waals surface area (Å²) in [6, 6.07) is 1.85. The number of carbonyl (C=O) groups excluding carboxylic acids is 1. The molecule has 1 amide bonds. The Morgan fingerprint density at radius 3 is 2.92 bits per heavy atom. The van der Waals surface area contributed by atoms with Gasteiger partial charge in [0, 0.05) is 31.6 Å². The average molecular weight is 333 g/mol. The van der Waals surface area contributed by atoms with E-state index in [1.807, 2.05) is 13.0 Å². The first kappa shape index (κ1) is 17.5. The van der Waals surface area contributed by atoms with Gasteiger partial charge in [0.2, 0.25) is 5.76 Å². The number of nitrogens with zero attached hydrogens (tertiary/aromatic N) is 2. The zero-order chi connectivity index (χ0) is 16.8. The van der Waals surface area contributed by atoms with Crippen molar-refractivity contribution in [1.29, 1.82) is 0 Å². The van der Waals surface area contributed by atoms with E-state index in [0.29, 0.717) is 18.2 Å². The van der Waals surface area contributed by atoms with Crippen LogP contribution in [0.4, 0.5) is 0 Å². The zero-order valence-electron chi connectivity index (χ0n) is 14.9. The number of amides is 1. The number of hydrogen-bond acceptors (Lipinski definition) is 4. The Kier molecular flexibility index (Phi) is 6.30. The van der Waals surface area contributed by atoms with E-state index in [-0.39, 0.29) is 5.91 Å². The van der Waals surface area contributed by atoms with Crippen LogP contribution in [-0.4, -0.2) is 42.1 Å². The van der Waals surface area contributed by atoms with Crippen LogP contribution < -0.4 is 5.32 Å². The van der Waals surface area contributed by atoms with E-state index in [9.17, 15) is 4.79 Å². The predicted molar refractivity (Wildman–Crippen MR) is 94.1 cm³/mol. The Labute approximate surface area is 145 Å². The molecule has 24 heavy (non-hydrogen) atoms. The maximum absolute atomic E-state index is 12.0. The molecule has 0 spiro atoms. The largest absolute Gasteiger partial charge is 0.351 e. The molecule has 0 unspecified atom stereocenters. The number of nitrogens with one attached hydrogen (secondary N) is 1. The summed E-state index contributed by atoms with van der Waals surface area (Å²) in [5.41, 5.74) is 0.949. The molecule has 0 radical (unpaired) electrons. The number of hydrogen-bond donors (Lipinski definition) is 1. The molecule has 3 rings (SSSR count). The highest BCUT2D eigenvalue weighted by Crippen LogP contribution is 2.30. The van der Waals surface area contributed by atoms with E-state index in [1.54, 1.807) is 0 Å². The number of aromatic nitrogens is 1. The molecule has 0 aromatic carbocycles. The monoisotopic (exact) mass is 333 g/mol. The van der Waals surface area contributed by atoms with Gasteiger partial charge in [-0.3, -0.25) is 4.79 Å². The van der Waals surface area contributed by atoms with Gasteiger partial charge < -0.3 is 14.7 Å². The molecule has 1 aliphatic heterocycles. The summed E-state index contributed by atoms with van der Waals surface area (Å²) in [4.78, 5) is 14.6. The standard InChI is InChI=1S/C19H31N3O2/c1-2-10-20-19(23)18-12-17(21-24-18)16-9-6-11-22(14-16)13-15-7-4-3-5-8-15/h12,15-16H,2-11,13-14H2,1H3,(H,20,23)/t16-/m1/s1. The van der Waals surface area contributed by atoms with Crippen LogP contribution in [0.15, 0.2) is 10.6 Å². The Hall–Kier alpha value is -1.36. The predicted octanol–water partition coefficient (Wildman–Crippen LogP) is 3.57. The highest BCUT2D eigenvalue weighted by atomic mass is 16.5. The van der Waals surface area contributed by atoms with Crippen molar-refractivity contribution in [2.45, 2.75) is 64.2 Å². The van der Waals surface area contributed by atoms with Crippen LogP contribution in [-0.2, 0) is 0 Å². The third-order valence-corrected chi connectivity index (χ3v) is 5.45. The normalized spacial score (nSPS) is 23.3. The number of piperidine rings is 1. The van der Waals surface area contributed by atoms with Gasteiger partial charge in [-0.2, -0.15) is 0 Å². The summed E-state index contributed by atoms with van der Waals surface area (Å²) >= 11 is 0. The van der Waals surface area contributed by atoms with E-state index < -0.39 is 0 Å². The third kappa shape index (κ3) is 4.59. The van der Waals surface area contributed by atoms with Crippen molar-refractivity contribution in [3.63, 3.8) is 0 Å². The first-order chi connectivity index (χ1) is 11.8. The second-order valence-corrected chi connectivity index (χ2v) is 7.47. The van der Waals surface area contributed by atoms with Gasteiger partial charge in [0.1, 0.15) is 0 Å². The number of carbonyl (C=O) groups is 1. The summed E-state index contributed by atoms with van der Waals surface area (Å²) in [6.45, 7) is 6.20. The molecule has 1 aromatic heterocycles. The van der Waals surface area contributed by atoms with Gasteiger partial charge in [-0.05, 0) is 44.6 Å². The maximum Gasteiger partial charge on any atom is 0.289 e. The average Bonchev–Trinajstić information content (AvgIpc) is 3.11. The molecular weight excluding hydrogens is 302 g/mol. The summed E-state index contributed by atoms with van der Waals surface area (Å²) < 4.78 is 5.28. The Bertz CT molecular complexity index is 522. The van der Waals surface area contributed by atoms with Gasteiger partial charge in [0.05, 0.1) is 5.69 Å². The molecule has 1 N–H and O–H groups in total. The van der Waals surface area contributed by atoms with Crippen LogP contribution in [0.5, 0.6) is 0 Å². The van der Waals surface area contributed by atoms with E-state index in [1.165, 1.54) is 51.6 Å². The third-order valence-electron chi connectivity index (χ3n) is 5.45. The van der Waals surface area contributed by atoms with Crippen LogP contribution in [0.1, 0.15) is 80.5 Å². The smallest absolute Gasteiger partial charge is 0.289 e. The van der Waals surface area contributed by atoms with Gasteiger partial charge >= 0.3 is 0 Å². The molecule has 5 heteroatoms. The van der Waals surface area contributed by atoms with Gasteiger partial charge in [0.25, 0.3) is 5.91 Å². The van der Waals surface area contributed by atoms with Gasteiger partial charge in [0.15, 0.2) is 0 Å². The van der Waals surface area contributed by atoms with Crippen LogP contribution >= 0.6 is 0 Å². The molecule has 1 saturated carbocycles. The minimum absolute atomic E-state index is 0.148. The Balaban J connectivity index is 1.54. The summed E-state index contributed by atoms with van der Waals surface area (Å²) in [5.74, 6) is 1.48. The Morgan fingerprint density at radius 1 is 1.29 bits per heavy atom. The second-order valence-electron chi connectivity index (χ2n) is 7.47. The van der Waals surface area contributed by atoms with E-state index in [2.05, 4.69) is 15.4 Å². The molecule has 134 valence electrons. The van der Waals surface area contributed by atoms with Crippen LogP contribution in [0.25, 0.3) is 0 Å². The molecule has 1 saturated heterocycles. The van der Waals surface area contributed by atoms with Gasteiger partial charge in [-0.25, -0.2) is 0 Å². The minimum atomic E-state index is -0.148. The van der Waals surface area contributed by atoms with Gasteiger partial charge in [-0.15, -0.1) is 0 Å². The van der Waals surface area contributed by atoms with Crippen molar-refractivity contribution in [2.75, 3.05) is 26.2 Å². The van der Waals surface area contributed by atoms with Crippen LogP contribution in [0.3, 0.4) is 0 Å². The van der Waals surface area contributed by atoms with Crippen molar-refractivity contribution in [3.05, 3.63) is 17.5 Å². The molecule has 0 bridgehead atoms. The van der Waals surface area contributed by atoms with Crippen molar-refractivity contribution < 1.29 is 9.32 Å². The molecule has 2 fully saturated rings. The molecule has 5 nitrogen and oxygen atoms in total. The highest BCUT2D eigenvalue weighted by Gasteiger charge is 2.27. The van der Waals surface area contributed by atoms with Gasteiger partial charge in [-0.1, -0.05) is 31.3 Å². The van der Waals surface area contributed by atoms with Crippen molar-refractivity contribution in [2.24, 2.45) is 5.92 Å². The summed E-state index contributed by atoms with van der Waals surface area (Å²) in [7, 11) is 0. The quantitative estimate of drug-likeness (QED) is 0.864. The fraction of sp³-hybridized carbons (Fsp3) is 0.789. The SMILES string of the molecule is CCCNC(=O)c1cc([C@@H]2CCCN(CC3CCCCC3)C2)no1. The van der Waals surface area contributed by atoms with Crippen molar-refractivity contribution >= 4 is 5.91 Å². The fourth-order valence-corrected chi connectivity index (χ4v) is 4.11. The zero-order valence-corrected chi connectivity index (χ0v) is 14.9. The van der Waals surface area contributed by atoms with E-state index in [0.717, 1.165) is 31.0 Å². The lowest BCUT2D eigenvalue weighted by Gasteiger charge is -2.35. The maximum atomic E-state index is 12.0. The topological polar surface area (TPSA) is 58.4 Å². The lowest BCUT2D eigenvalue weighted by molar-refractivity contribution is 0.0916. The molecule has 1 aromatic rings. The van der Waals surface area contributed by atoms with E-state index >= 15 is 0 Å². The lowest BCUT2D eigenvalue weighted by Crippen LogP contribution is -2.38. The second kappa shape index (κ2) is 8.65. The molecule has 2 heterocycles. The molecule has 2 aliphatic rings.